The van der Waals surface area contributed by atoms with Crippen molar-refractivity contribution < 1.29 is 18.7 Å². The minimum absolute atomic E-state index is 0.158. The van der Waals surface area contributed by atoms with Gasteiger partial charge in [-0.2, -0.15) is 0 Å². The molecular weight excluding hydrogens is 349 g/mol. The van der Waals surface area contributed by atoms with Crippen LogP contribution in [0.15, 0.2) is 42.5 Å². The van der Waals surface area contributed by atoms with Crippen LogP contribution in [-0.4, -0.2) is 42.9 Å². The van der Waals surface area contributed by atoms with Gasteiger partial charge in [-0.3, -0.25) is 9.59 Å². The number of nitrogens with one attached hydrogen (secondary N) is 1. The van der Waals surface area contributed by atoms with Crippen LogP contribution >= 0.6 is 0 Å². The lowest BCUT2D eigenvalue weighted by Gasteiger charge is -2.13. The summed E-state index contributed by atoms with van der Waals surface area (Å²) < 4.78 is 19.8. The van der Waals surface area contributed by atoms with Crippen molar-refractivity contribution in [3.05, 3.63) is 59.4 Å². The van der Waals surface area contributed by atoms with Crippen LogP contribution < -0.4 is 15.8 Å². The van der Waals surface area contributed by atoms with E-state index in [2.05, 4.69) is 5.32 Å². The van der Waals surface area contributed by atoms with Crippen LogP contribution in [0.1, 0.15) is 22.3 Å². The van der Waals surface area contributed by atoms with Gasteiger partial charge in [-0.15, -0.1) is 0 Å². The third kappa shape index (κ3) is 4.43. The average molecular weight is 371 g/mol. The number of halogens is 1. The minimum atomic E-state index is -0.669. The number of amides is 2. The Morgan fingerprint density at radius 2 is 1.96 bits per heavy atom. The molecule has 0 spiro atoms. The normalized spacial score (nSPS) is 16.5. The molecule has 0 saturated carbocycles. The van der Waals surface area contributed by atoms with Crippen LogP contribution in [0.2, 0.25) is 0 Å². The summed E-state index contributed by atoms with van der Waals surface area (Å²) in [6, 6.07) is 10.7. The highest BCUT2D eigenvalue weighted by Crippen LogP contribution is 2.24. The van der Waals surface area contributed by atoms with Gasteiger partial charge in [0.05, 0.1) is 5.56 Å². The van der Waals surface area contributed by atoms with E-state index in [1.165, 1.54) is 23.1 Å². The van der Waals surface area contributed by atoms with Gasteiger partial charge in [-0.25, -0.2) is 4.39 Å². The summed E-state index contributed by atoms with van der Waals surface area (Å²) in [5.74, 6) is -0.570. The maximum atomic E-state index is 14.1. The number of likely N-dealkylation sites (N-methyl/N-ethyl adjacent to an activating group) is 1. The first-order valence-electron chi connectivity index (χ1n) is 8.80. The zero-order chi connectivity index (χ0) is 19.4. The largest absolute Gasteiger partial charge is 0.457 e. The first-order valence-corrected chi connectivity index (χ1v) is 8.80. The summed E-state index contributed by atoms with van der Waals surface area (Å²) >= 11 is 0. The van der Waals surface area contributed by atoms with Crippen molar-refractivity contribution in [1.29, 1.82) is 0 Å². The van der Waals surface area contributed by atoms with Crippen LogP contribution in [0.3, 0.4) is 0 Å². The van der Waals surface area contributed by atoms with E-state index in [1.807, 2.05) is 12.1 Å². The van der Waals surface area contributed by atoms with Crippen LogP contribution in [0.5, 0.6) is 11.5 Å². The van der Waals surface area contributed by atoms with Gasteiger partial charge in [0.25, 0.3) is 5.91 Å². The summed E-state index contributed by atoms with van der Waals surface area (Å²) in [4.78, 5) is 25.9. The lowest BCUT2D eigenvalue weighted by molar-refractivity contribution is -0.128. The van der Waals surface area contributed by atoms with Gasteiger partial charge in [-0.05, 0) is 55.3 Å². The molecule has 2 amide bonds. The van der Waals surface area contributed by atoms with Gasteiger partial charge in [0, 0.05) is 13.6 Å². The number of ether oxygens (including phenoxy) is 1. The number of likely N-dealkylation sites (tertiary alicyclic amines) is 1. The van der Waals surface area contributed by atoms with E-state index in [-0.39, 0.29) is 11.5 Å². The molecule has 0 radical (unpaired) electrons. The highest BCUT2D eigenvalue weighted by molar-refractivity contribution is 5.98. The highest BCUT2D eigenvalue weighted by atomic mass is 19.1. The summed E-state index contributed by atoms with van der Waals surface area (Å²) in [6.07, 6.45) is 1.28. The Morgan fingerprint density at radius 3 is 2.59 bits per heavy atom. The van der Waals surface area contributed by atoms with Crippen LogP contribution in [-0.2, 0) is 11.2 Å². The van der Waals surface area contributed by atoms with Gasteiger partial charge in [0.2, 0.25) is 5.91 Å². The molecular formula is C20H22FN3O3. The first-order chi connectivity index (χ1) is 13.0. The quantitative estimate of drug-likeness (QED) is 0.814. The number of carbonyl (C=O) groups is 2. The Labute approximate surface area is 157 Å². The summed E-state index contributed by atoms with van der Waals surface area (Å²) in [5.41, 5.74) is 6.46. The molecule has 1 saturated heterocycles. The molecule has 1 aliphatic heterocycles. The molecule has 0 aromatic heterocycles. The van der Waals surface area contributed by atoms with E-state index >= 15 is 0 Å². The molecule has 7 heteroatoms. The fourth-order valence-corrected chi connectivity index (χ4v) is 2.96. The van der Waals surface area contributed by atoms with E-state index in [9.17, 15) is 14.0 Å². The summed E-state index contributed by atoms with van der Waals surface area (Å²) in [7, 11) is 1.67. The van der Waals surface area contributed by atoms with E-state index in [4.69, 9.17) is 10.5 Å². The zero-order valence-electron chi connectivity index (χ0n) is 15.1. The number of rotatable bonds is 6. The topological polar surface area (TPSA) is 84.7 Å². The minimum Gasteiger partial charge on any atom is -0.457 e. The number of carbonyl (C=O) groups excluding carboxylic acids is 2. The number of benzene rings is 2. The van der Waals surface area contributed by atoms with E-state index in [0.717, 1.165) is 12.0 Å². The maximum Gasteiger partial charge on any atom is 0.255 e. The third-order valence-electron chi connectivity index (χ3n) is 4.51. The Hall–Kier alpha value is -2.93. The van der Waals surface area contributed by atoms with E-state index in [1.54, 1.807) is 19.2 Å². The SMILES string of the molecule is CN1CCC(NC(=O)c2cc(Oc3ccc(CCN)cc3)ccc2F)C1=O. The molecule has 1 heterocycles. The van der Waals surface area contributed by atoms with Gasteiger partial charge in [0.15, 0.2) is 0 Å². The number of hydrogen-bond donors (Lipinski definition) is 2. The predicted octanol–water partition coefficient (Wildman–Crippen LogP) is 2.08. The Kier molecular flexibility index (Phi) is 5.71. The molecule has 0 bridgehead atoms. The lowest BCUT2D eigenvalue weighted by atomic mass is 10.1. The molecule has 2 aromatic rings. The van der Waals surface area contributed by atoms with Crippen molar-refractivity contribution in [2.75, 3.05) is 20.1 Å². The predicted molar refractivity (Wildman–Crippen MR) is 99.2 cm³/mol. The molecule has 1 atom stereocenters. The second-order valence-electron chi connectivity index (χ2n) is 6.50. The third-order valence-corrected chi connectivity index (χ3v) is 4.51. The summed E-state index contributed by atoms with van der Waals surface area (Å²) in [6.45, 7) is 1.13. The smallest absolute Gasteiger partial charge is 0.255 e. The average Bonchev–Trinajstić information content (AvgIpc) is 2.97. The van der Waals surface area contributed by atoms with E-state index in [0.29, 0.717) is 31.0 Å². The molecule has 1 unspecified atom stereocenters. The van der Waals surface area contributed by atoms with Crippen molar-refractivity contribution in [1.82, 2.24) is 10.2 Å². The lowest BCUT2D eigenvalue weighted by Crippen LogP contribution is -2.40. The molecule has 6 nitrogen and oxygen atoms in total. The molecule has 2 aromatic carbocycles. The zero-order valence-corrected chi connectivity index (χ0v) is 15.1. The maximum absolute atomic E-state index is 14.1. The van der Waals surface area contributed by atoms with Gasteiger partial charge < -0.3 is 20.7 Å². The fourth-order valence-electron chi connectivity index (χ4n) is 2.96. The standard InChI is InChI=1S/C20H22FN3O3/c1-24-11-9-18(20(24)26)23-19(25)16-12-15(6-7-17(16)21)27-14-4-2-13(3-5-14)8-10-22/h2-7,12,18H,8-11,22H2,1H3,(H,23,25). The van der Waals surface area contributed by atoms with E-state index < -0.39 is 17.8 Å². The molecule has 1 aliphatic rings. The number of hydrogen-bond acceptors (Lipinski definition) is 4. The van der Waals surface area contributed by atoms with Crippen molar-refractivity contribution in [3.63, 3.8) is 0 Å². The molecule has 142 valence electrons. The van der Waals surface area contributed by atoms with Crippen LogP contribution in [0.25, 0.3) is 0 Å². The monoisotopic (exact) mass is 371 g/mol. The Bertz CT molecular complexity index is 839. The second-order valence-corrected chi connectivity index (χ2v) is 6.50. The highest BCUT2D eigenvalue weighted by Gasteiger charge is 2.31. The van der Waals surface area contributed by atoms with Gasteiger partial charge in [-0.1, -0.05) is 12.1 Å². The molecule has 3 rings (SSSR count). The van der Waals surface area contributed by atoms with Gasteiger partial charge >= 0.3 is 0 Å². The van der Waals surface area contributed by atoms with Crippen LogP contribution in [0, 0.1) is 5.82 Å². The Balaban J connectivity index is 1.71. The van der Waals surface area contributed by atoms with Gasteiger partial charge in [0.1, 0.15) is 23.4 Å². The molecule has 3 N–H and O–H groups in total. The number of nitrogens with two attached hydrogens (primary N) is 1. The fraction of sp³-hybridized carbons (Fsp3) is 0.300. The van der Waals surface area contributed by atoms with Crippen molar-refractivity contribution in [3.8, 4) is 11.5 Å². The number of nitrogens with zero attached hydrogens (tertiary/aromatic N) is 1. The van der Waals surface area contributed by atoms with Crippen molar-refractivity contribution in [2.24, 2.45) is 5.73 Å². The molecule has 0 aliphatic carbocycles. The molecule has 27 heavy (non-hydrogen) atoms. The first kappa shape index (κ1) is 18.8. The van der Waals surface area contributed by atoms with Crippen molar-refractivity contribution in [2.45, 2.75) is 18.9 Å². The molecule has 1 fully saturated rings. The van der Waals surface area contributed by atoms with Crippen LogP contribution in [0.4, 0.5) is 4.39 Å². The Morgan fingerprint density at radius 1 is 1.26 bits per heavy atom. The van der Waals surface area contributed by atoms with Crippen molar-refractivity contribution >= 4 is 11.8 Å². The summed E-state index contributed by atoms with van der Waals surface area (Å²) in [5, 5.41) is 2.59. The second kappa shape index (κ2) is 8.18.